The molecule has 0 aliphatic rings. The monoisotopic (exact) mass is 258 g/mol. The Morgan fingerprint density at radius 2 is 1.78 bits per heavy atom. The average Bonchev–Trinajstić information content (AvgIpc) is 2.39. The maximum atomic E-state index is 5.23. The van der Waals surface area contributed by atoms with Gasteiger partial charge in [-0.05, 0) is 45.7 Å². The first-order chi connectivity index (χ1) is 8.69. The molecular weight excluding hydrogens is 224 g/mol. The molecule has 0 spiro atoms. The van der Waals surface area contributed by atoms with E-state index in [1.807, 2.05) is 0 Å². The number of nitrogens with one attached hydrogen (secondary N) is 1. The first kappa shape index (κ1) is 17.9. The lowest BCUT2D eigenvalue weighted by molar-refractivity contribution is 0.112. The van der Waals surface area contributed by atoms with Gasteiger partial charge in [0.05, 0.1) is 6.61 Å². The second-order valence-corrected chi connectivity index (χ2v) is 5.14. The van der Waals surface area contributed by atoms with Crippen LogP contribution in [0.3, 0.4) is 0 Å². The topological polar surface area (TPSA) is 24.5 Å². The Hall–Kier alpha value is -0.120. The van der Waals surface area contributed by atoms with Gasteiger partial charge in [0.15, 0.2) is 0 Å². The Bertz CT molecular complexity index is 172. The highest BCUT2D eigenvalue weighted by molar-refractivity contribution is 4.71. The fourth-order valence-electron chi connectivity index (χ4n) is 2.34. The van der Waals surface area contributed by atoms with Crippen molar-refractivity contribution in [2.24, 2.45) is 0 Å². The summed E-state index contributed by atoms with van der Waals surface area (Å²) in [6.45, 7) is 13.3. The molecule has 0 saturated carbocycles. The lowest BCUT2D eigenvalue weighted by atomic mass is 10.1. The van der Waals surface area contributed by atoms with Gasteiger partial charge in [-0.25, -0.2) is 0 Å². The fourth-order valence-corrected chi connectivity index (χ4v) is 2.34. The van der Waals surface area contributed by atoms with Crippen molar-refractivity contribution in [2.75, 3.05) is 33.4 Å². The molecule has 0 radical (unpaired) electrons. The highest BCUT2D eigenvalue weighted by Crippen LogP contribution is 2.09. The molecule has 0 aromatic rings. The van der Waals surface area contributed by atoms with Gasteiger partial charge in [-0.3, -0.25) is 4.90 Å². The van der Waals surface area contributed by atoms with E-state index in [0.717, 1.165) is 19.7 Å². The van der Waals surface area contributed by atoms with Gasteiger partial charge in [0.25, 0.3) is 0 Å². The van der Waals surface area contributed by atoms with Crippen molar-refractivity contribution in [3.63, 3.8) is 0 Å². The number of hydrogen-bond acceptors (Lipinski definition) is 3. The molecule has 0 rings (SSSR count). The molecule has 18 heavy (non-hydrogen) atoms. The fraction of sp³-hybridized carbons (Fsp3) is 1.00. The summed E-state index contributed by atoms with van der Waals surface area (Å²) in [5.74, 6) is 0. The Balaban J connectivity index is 4.05. The number of nitrogens with zero attached hydrogens (tertiary/aromatic N) is 1. The predicted octanol–water partition coefficient (Wildman–Crippen LogP) is 2.90. The van der Waals surface area contributed by atoms with Crippen LogP contribution >= 0.6 is 0 Å². The van der Waals surface area contributed by atoms with Crippen LogP contribution in [0.2, 0.25) is 0 Å². The molecule has 1 unspecified atom stereocenters. The molecule has 0 bridgehead atoms. The number of rotatable bonds is 12. The summed E-state index contributed by atoms with van der Waals surface area (Å²) in [7, 11) is 1.79. The van der Waals surface area contributed by atoms with Crippen LogP contribution in [-0.4, -0.2) is 50.3 Å². The first-order valence-electron chi connectivity index (χ1n) is 7.65. The van der Waals surface area contributed by atoms with Gasteiger partial charge in [0, 0.05) is 25.7 Å². The van der Waals surface area contributed by atoms with Gasteiger partial charge < -0.3 is 10.1 Å². The summed E-state index contributed by atoms with van der Waals surface area (Å²) >= 11 is 0. The van der Waals surface area contributed by atoms with Crippen LogP contribution in [0.1, 0.15) is 53.4 Å². The summed E-state index contributed by atoms with van der Waals surface area (Å²) in [5.41, 5.74) is 0. The highest BCUT2D eigenvalue weighted by atomic mass is 16.5. The molecule has 0 aromatic heterocycles. The molecular formula is C15H34N2O. The molecule has 0 heterocycles. The minimum absolute atomic E-state index is 0.615. The van der Waals surface area contributed by atoms with Gasteiger partial charge >= 0.3 is 0 Å². The normalized spacial score (nSPS) is 13.5. The maximum absolute atomic E-state index is 5.23. The Morgan fingerprint density at radius 3 is 2.28 bits per heavy atom. The van der Waals surface area contributed by atoms with Gasteiger partial charge in [0.1, 0.15) is 0 Å². The van der Waals surface area contributed by atoms with Gasteiger partial charge in [-0.15, -0.1) is 0 Å². The average molecular weight is 258 g/mol. The molecule has 0 aromatic carbocycles. The third kappa shape index (κ3) is 8.06. The van der Waals surface area contributed by atoms with Crippen LogP contribution in [0, 0.1) is 0 Å². The smallest absolute Gasteiger partial charge is 0.0589 e. The zero-order chi connectivity index (χ0) is 13.8. The van der Waals surface area contributed by atoms with E-state index in [1.165, 1.54) is 32.2 Å². The van der Waals surface area contributed by atoms with E-state index in [9.17, 15) is 0 Å². The molecule has 3 nitrogen and oxygen atoms in total. The third-order valence-corrected chi connectivity index (χ3v) is 3.63. The van der Waals surface area contributed by atoms with Crippen molar-refractivity contribution >= 4 is 0 Å². The van der Waals surface area contributed by atoms with Crippen molar-refractivity contribution in [3.05, 3.63) is 0 Å². The molecule has 110 valence electrons. The molecule has 1 N–H and O–H groups in total. The molecule has 0 aliphatic carbocycles. The number of methoxy groups -OCH3 is 1. The standard InChI is InChI=1S/C15H34N2O/c1-6-10-16-14(4)9-11-17(12-13-18-5)15(7-2)8-3/h14-16H,6-13H2,1-5H3. The van der Waals surface area contributed by atoms with E-state index in [4.69, 9.17) is 4.74 Å². The van der Waals surface area contributed by atoms with Crippen molar-refractivity contribution in [2.45, 2.75) is 65.5 Å². The van der Waals surface area contributed by atoms with Crippen LogP contribution in [0.25, 0.3) is 0 Å². The van der Waals surface area contributed by atoms with E-state index in [-0.39, 0.29) is 0 Å². The molecule has 0 fully saturated rings. The van der Waals surface area contributed by atoms with Crippen molar-refractivity contribution < 1.29 is 4.74 Å². The van der Waals surface area contributed by atoms with Gasteiger partial charge in [-0.1, -0.05) is 20.8 Å². The molecule has 0 saturated heterocycles. The predicted molar refractivity (Wildman–Crippen MR) is 80.2 cm³/mol. The summed E-state index contributed by atoms with van der Waals surface area (Å²) in [5, 5.41) is 3.56. The third-order valence-electron chi connectivity index (χ3n) is 3.63. The van der Waals surface area contributed by atoms with E-state index in [1.54, 1.807) is 7.11 Å². The number of hydrogen-bond donors (Lipinski definition) is 1. The van der Waals surface area contributed by atoms with Crippen LogP contribution in [0.4, 0.5) is 0 Å². The Morgan fingerprint density at radius 1 is 1.11 bits per heavy atom. The van der Waals surface area contributed by atoms with Crippen molar-refractivity contribution in [3.8, 4) is 0 Å². The minimum Gasteiger partial charge on any atom is -0.383 e. The Labute approximate surface area is 114 Å². The quantitative estimate of drug-likeness (QED) is 0.582. The van der Waals surface area contributed by atoms with E-state index in [2.05, 4.69) is 37.9 Å². The van der Waals surface area contributed by atoms with Crippen LogP contribution in [0.15, 0.2) is 0 Å². The summed E-state index contributed by atoms with van der Waals surface area (Å²) in [6, 6.07) is 1.32. The minimum atomic E-state index is 0.615. The van der Waals surface area contributed by atoms with Crippen LogP contribution < -0.4 is 5.32 Å². The molecule has 0 aliphatic heterocycles. The molecule has 3 heteroatoms. The molecule has 1 atom stereocenters. The highest BCUT2D eigenvalue weighted by Gasteiger charge is 2.15. The van der Waals surface area contributed by atoms with Crippen LogP contribution in [0.5, 0.6) is 0 Å². The van der Waals surface area contributed by atoms with Gasteiger partial charge in [0.2, 0.25) is 0 Å². The zero-order valence-electron chi connectivity index (χ0n) is 13.2. The lowest BCUT2D eigenvalue weighted by Crippen LogP contribution is -2.40. The van der Waals surface area contributed by atoms with E-state index in [0.29, 0.717) is 12.1 Å². The summed E-state index contributed by atoms with van der Waals surface area (Å²) < 4.78 is 5.23. The largest absolute Gasteiger partial charge is 0.383 e. The van der Waals surface area contributed by atoms with Gasteiger partial charge in [-0.2, -0.15) is 0 Å². The van der Waals surface area contributed by atoms with Crippen molar-refractivity contribution in [1.29, 1.82) is 0 Å². The van der Waals surface area contributed by atoms with Crippen molar-refractivity contribution in [1.82, 2.24) is 10.2 Å². The number of ether oxygens (including phenoxy) is 1. The summed E-state index contributed by atoms with van der Waals surface area (Å²) in [4.78, 5) is 2.59. The first-order valence-corrected chi connectivity index (χ1v) is 7.65. The van der Waals surface area contributed by atoms with Crippen LogP contribution in [-0.2, 0) is 4.74 Å². The van der Waals surface area contributed by atoms with E-state index < -0.39 is 0 Å². The maximum Gasteiger partial charge on any atom is 0.0589 e. The second-order valence-electron chi connectivity index (χ2n) is 5.14. The molecule has 0 amide bonds. The lowest BCUT2D eigenvalue weighted by Gasteiger charge is -2.31. The second kappa shape index (κ2) is 11.9. The Kier molecular flexibility index (Phi) is 11.9. The zero-order valence-corrected chi connectivity index (χ0v) is 13.2. The SMILES string of the molecule is CCCNC(C)CCN(CCOC)C(CC)CC. The summed E-state index contributed by atoms with van der Waals surface area (Å²) in [6.07, 6.45) is 4.90. The van der Waals surface area contributed by atoms with E-state index >= 15 is 0 Å².